The van der Waals surface area contributed by atoms with Crippen LogP contribution in [0.3, 0.4) is 0 Å². The summed E-state index contributed by atoms with van der Waals surface area (Å²) in [7, 11) is 3.40. The number of thiazole rings is 1. The molecule has 0 amide bonds. The summed E-state index contributed by atoms with van der Waals surface area (Å²) in [4.78, 5) is 7.03. The van der Waals surface area contributed by atoms with Gasteiger partial charge in [0.15, 0.2) is 4.80 Å². The van der Waals surface area contributed by atoms with Crippen molar-refractivity contribution in [3.8, 4) is 16.3 Å². The Morgan fingerprint density at radius 1 is 1.17 bits per heavy atom. The van der Waals surface area contributed by atoms with Crippen LogP contribution >= 0.6 is 22.7 Å². The zero-order chi connectivity index (χ0) is 16.9. The number of hydrogen-bond acceptors (Lipinski definition) is 5. The van der Waals surface area contributed by atoms with E-state index in [9.17, 15) is 0 Å². The van der Waals surface area contributed by atoms with Crippen molar-refractivity contribution < 1.29 is 9.47 Å². The summed E-state index contributed by atoms with van der Waals surface area (Å²) in [5, 5.41) is 4.26. The van der Waals surface area contributed by atoms with Crippen LogP contribution in [-0.2, 0) is 4.74 Å². The van der Waals surface area contributed by atoms with Crippen molar-refractivity contribution >= 4 is 28.4 Å². The summed E-state index contributed by atoms with van der Waals surface area (Å²) in [5.74, 6) is 0.808. The molecule has 2 heterocycles. The zero-order valence-electron chi connectivity index (χ0n) is 13.9. The van der Waals surface area contributed by atoms with Crippen molar-refractivity contribution in [3.05, 3.63) is 52.0 Å². The predicted octanol–water partition coefficient (Wildman–Crippen LogP) is 4.73. The highest BCUT2D eigenvalue weighted by molar-refractivity contribution is 7.14. The third-order valence-electron chi connectivity index (χ3n) is 3.64. The quantitative estimate of drug-likeness (QED) is 0.637. The van der Waals surface area contributed by atoms with Crippen LogP contribution in [0.2, 0.25) is 0 Å². The number of nitrogens with zero attached hydrogens (tertiary/aromatic N) is 2. The summed E-state index contributed by atoms with van der Waals surface area (Å²) < 4.78 is 12.9. The Labute approximate surface area is 149 Å². The molecule has 0 aliphatic heterocycles. The molecule has 3 aromatic rings. The van der Waals surface area contributed by atoms with Crippen molar-refractivity contribution in [1.29, 1.82) is 0 Å². The molecular weight excluding hydrogens is 340 g/mol. The van der Waals surface area contributed by atoms with Gasteiger partial charge in [-0.1, -0.05) is 12.1 Å². The Bertz CT molecular complexity index is 850. The maximum absolute atomic E-state index is 5.37. The van der Waals surface area contributed by atoms with Crippen molar-refractivity contribution in [3.63, 3.8) is 0 Å². The van der Waals surface area contributed by atoms with Crippen molar-refractivity contribution in [2.24, 2.45) is 4.99 Å². The molecule has 0 bridgehead atoms. The van der Waals surface area contributed by atoms with E-state index in [1.54, 1.807) is 36.9 Å². The summed E-state index contributed by atoms with van der Waals surface area (Å²) in [6.07, 6.45) is 0. The van der Waals surface area contributed by atoms with E-state index in [2.05, 4.69) is 34.4 Å². The average Bonchev–Trinajstić information content (AvgIpc) is 3.24. The van der Waals surface area contributed by atoms with Gasteiger partial charge in [0.2, 0.25) is 0 Å². The molecule has 3 rings (SSSR count). The second-order valence-electron chi connectivity index (χ2n) is 5.37. The number of rotatable bonds is 6. The maximum atomic E-state index is 5.37. The molecule has 0 aliphatic rings. The van der Waals surface area contributed by atoms with E-state index in [-0.39, 0.29) is 6.04 Å². The molecule has 0 radical (unpaired) electrons. The minimum atomic E-state index is 0.197. The van der Waals surface area contributed by atoms with E-state index in [4.69, 9.17) is 14.5 Å². The van der Waals surface area contributed by atoms with Gasteiger partial charge in [-0.05, 0) is 30.5 Å². The average molecular weight is 361 g/mol. The number of hydrogen-bond donors (Lipinski definition) is 0. The maximum Gasteiger partial charge on any atom is 0.190 e. The number of aromatic nitrogens is 1. The molecule has 6 heteroatoms. The molecule has 1 aromatic carbocycles. The van der Waals surface area contributed by atoms with E-state index in [1.807, 2.05) is 24.3 Å². The topological polar surface area (TPSA) is 35.8 Å². The van der Waals surface area contributed by atoms with E-state index < -0.39 is 0 Å². The lowest BCUT2D eigenvalue weighted by Crippen LogP contribution is -2.22. The van der Waals surface area contributed by atoms with Crippen molar-refractivity contribution in [1.82, 2.24) is 4.57 Å². The second-order valence-corrected chi connectivity index (χ2v) is 7.15. The molecule has 2 aromatic heterocycles. The number of thiophene rings is 1. The second kappa shape index (κ2) is 7.79. The molecule has 1 atom stereocenters. The van der Waals surface area contributed by atoms with Gasteiger partial charge >= 0.3 is 0 Å². The molecule has 0 fully saturated rings. The minimum Gasteiger partial charge on any atom is -0.497 e. The van der Waals surface area contributed by atoms with Crippen LogP contribution in [0.4, 0.5) is 5.69 Å². The fourth-order valence-corrected chi connectivity index (χ4v) is 4.36. The molecule has 126 valence electrons. The van der Waals surface area contributed by atoms with Crippen LogP contribution in [0.5, 0.6) is 5.75 Å². The first kappa shape index (κ1) is 17.0. The SMILES string of the molecule is COCC(C)n1c(-c2cccs2)csc1=Nc1cccc(OC)c1. The Morgan fingerprint density at radius 2 is 2.04 bits per heavy atom. The highest BCUT2D eigenvalue weighted by Gasteiger charge is 2.14. The molecule has 0 saturated heterocycles. The number of methoxy groups -OCH3 is 2. The highest BCUT2D eigenvalue weighted by Crippen LogP contribution is 2.28. The van der Waals surface area contributed by atoms with Crippen molar-refractivity contribution in [2.75, 3.05) is 20.8 Å². The van der Waals surface area contributed by atoms with Gasteiger partial charge in [-0.15, -0.1) is 22.7 Å². The van der Waals surface area contributed by atoms with Crippen molar-refractivity contribution in [2.45, 2.75) is 13.0 Å². The standard InChI is InChI=1S/C18H20N2O2S2/c1-13(11-21-2)20-16(17-8-5-9-23-17)12-24-18(20)19-14-6-4-7-15(10-14)22-3/h4-10,12-13H,11H2,1-3H3. The summed E-state index contributed by atoms with van der Waals surface area (Å²) >= 11 is 3.38. The molecule has 0 N–H and O–H groups in total. The normalized spacial score (nSPS) is 13.2. The Hall–Kier alpha value is -1.89. The van der Waals surface area contributed by atoms with Crippen LogP contribution in [0.15, 0.2) is 52.2 Å². The van der Waals surface area contributed by atoms with Crippen LogP contribution in [0.25, 0.3) is 10.6 Å². The fourth-order valence-electron chi connectivity index (χ4n) is 2.54. The molecule has 1 unspecified atom stereocenters. The van der Waals surface area contributed by atoms with Gasteiger partial charge in [0.25, 0.3) is 0 Å². The number of benzene rings is 1. The van der Waals surface area contributed by atoms with Gasteiger partial charge in [0, 0.05) is 18.6 Å². The van der Waals surface area contributed by atoms with E-state index in [0.29, 0.717) is 6.61 Å². The first-order chi connectivity index (χ1) is 11.7. The summed E-state index contributed by atoms with van der Waals surface area (Å²) in [6.45, 7) is 2.79. The smallest absolute Gasteiger partial charge is 0.190 e. The largest absolute Gasteiger partial charge is 0.497 e. The van der Waals surface area contributed by atoms with Gasteiger partial charge in [0.1, 0.15) is 5.75 Å². The number of ether oxygens (including phenoxy) is 2. The molecular formula is C18H20N2O2S2. The predicted molar refractivity (Wildman–Crippen MR) is 100 cm³/mol. The third-order valence-corrected chi connectivity index (χ3v) is 5.37. The van der Waals surface area contributed by atoms with Gasteiger partial charge in [-0.2, -0.15) is 0 Å². The van der Waals surface area contributed by atoms with E-state index >= 15 is 0 Å². The Balaban J connectivity index is 2.11. The van der Waals surface area contributed by atoms with Crippen LogP contribution < -0.4 is 9.54 Å². The first-order valence-electron chi connectivity index (χ1n) is 7.64. The van der Waals surface area contributed by atoms with Gasteiger partial charge in [-0.3, -0.25) is 0 Å². The fraction of sp³-hybridized carbons (Fsp3) is 0.278. The molecule has 0 aliphatic carbocycles. The minimum absolute atomic E-state index is 0.197. The molecule has 4 nitrogen and oxygen atoms in total. The van der Waals surface area contributed by atoms with Crippen LogP contribution in [-0.4, -0.2) is 25.4 Å². The molecule has 0 spiro atoms. The van der Waals surface area contributed by atoms with Gasteiger partial charge in [-0.25, -0.2) is 4.99 Å². The van der Waals surface area contributed by atoms with Gasteiger partial charge in [0.05, 0.1) is 36.0 Å². The third kappa shape index (κ3) is 3.61. The monoisotopic (exact) mass is 360 g/mol. The Kier molecular flexibility index (Phi) is 5.50. The van der Waals surface area contributed by atoms with Crippen LogP contribution in [0.1, 0.15) is 13.0 Å². The van der Waals surface area contributed by atoms with E-state index in [0.717, 1.165) is 16.2 Å². The van der Waals surface area contributed by atoms with Gasteiger partial charge < -0.3 is 14.0 Å². The van der Waals surface area contributed by atoms with E-state index in [1.165, 1.54) is 10.6 Å². The summed E-state index contributed by atoms with van der Waals surface area (Å²) in [5.41, 5.74) is 2.06. The lowest BCUT2D eigenvalue weighted by Gasteiger charge is -2.15. The lowest BCUT2D eigenvalue weighted by molar-refractivity contribution is 0.162. The highest BCUT2D eigenvalue weighted by atomic mass is 32.1. The zero-order valence-corrected chi connectivity index (χ0v) is 15.6. The first-order valence-corrected chi connectivity index (χ1v) is 9.40. The lowest BCUT2D eigenvalue weighted by atomic mass is 10.3. The summed E-state index contributed by atoms with van der Waals surface area (Å²) in [6, 6.07) is 12.2. The Morgan fingerprint density at radius 3 is 2.75 bits per heavy atom. The molecule has 0 saturated carbocycles. The molecule has 24 heavy (non-hydrogen) atoms. The van der Waals surface area contributed by atoms with Crippen LogP contribution in [0, 0.1) is 0 Å².